The van der Waals surface area contributed by atoms with Gasteiger partial charge in [0.05, 0.1) is 5.92 Å². The van der Waals surface area contributed by atoms with E-state index in [1.165, 1.54) is 11.1 Å². The van der Waals surface area contributed by atoms with E-state index in [2.05, 4.69) is 17.4 Å². The molecule has 1 aliphatic heterocycles. The molecule has 112 valence electrons. The average molecular weight is 288 g/mol. The largest absolute Gasteiger partial charge is 0.481 e. The van der Waals surface area contributed by atoms with E-state index >= 15 is 0 Å². The smallest absolute Gasteiger partial charge is 0.317 e. The van der Waals surface area contributed by atoms with Crippen LogP contribution in [0.4, 0.5) is 4.79 Å². The quantitative estimate of drug-likeness (QED) is 0.869. The Morgan fingerprint density at radius 3 is 2.48 bits per heavy atom. The molecule has 1 saturated heterocycles. The number of hydrogen-bond donors (Lipinski definition) is 2. The maximum absolute atomic E-state index is 12.3. The molecule has 2 aliphatic rings. The van der Waals surface area contributed by atoms with E-state index in [9.17, 15) is 9.59 Å². The van der Waals surface area contributed by atoms with E-state index < -0.39 is 11.9 Å². The van der Waals surface area contributed by atoms with E-state index in [1.807, 2.05) is 12.1 Å². The number of urea groups is 1. The third-order valence-corrected chi connectivity index (χ3v) is 4.44. The number of fused-ring (bicyclic) bond motifs is 1. The Morgan fingerprint density at radius 1 is 1.19 bits per heavy atom. The number of piperidine rings is 1. The van der Waals surface area contributed by atoms with Crippen LogP contribution >= 0.6 is 0 Å². The maximum atomic E-state index is 12.3. The lowest BCUT2D eigenvalue weighted by Gasteiger charge is -2.31. The molecule has 5 nitrogen and oxygen atoms in total. The number of rotatable bonds is 2. The third-order valence-electron chi connectivity index (χ3n) is 4.44. The van der Waals surface area contributed by atoms with Crippen molar-refractivity contribution in [2.24, 2.45) is 5.92 Å². The number of benzene rings is 1. The lowest BCUT2D eigenvalue weighted by Crippen LogP contribution is -2.50. The molecule has 1 heterocycles. The van der Waals surface area contributed by atoms with Crippen molar-refractivity contribution in [3.05, 3.63) is 35.4 Å². The van der Waals surface area contributed by atoms with Crippen LogP contribution in [0.1, 0.15) is 24.0 Å². The van der Waals surface area contributed by atoms with E-state index in [0.717, 1.165) is 19.3 Å². The van der Waals surface area contributed by atoms with Gasteiger partial charge in [-0.15, -0.1) is 0 Å². The topological polar surface area (TPSA) is 69.6 Å². The summed E-state index contributed by atoms with van der Waals surface area (Å²) in [5.41, 5.74) is 2.59. The Balaban J connectivity index is 1.57. The molecule has 0 bridgehead atoms. The molecule has 1 aromatic carbocycles. The van der Waals surface area contributed by atoms with Crippen molar-refractivity contribution in [3.8, 4) is 0 Å². The third kappa shape index (κ3) is 3.01. The maximum Gasteiger partial charge on any atom is 0.317 e. The Labute approximate surface area is 123 Å². The Kier molecular flexibility index (Phi) is 3.82. The molecule has 21 heavy (non-hydrogen) atoms. The molecule has 1 aromatic rings. The fourth-order valence-electron chi connectivity index (χ4n) is 3.29. The minimum Gasteiger partial charge on any atom is -0.481 e. The van der Waals surface area contributed by atoms with Gasteiger partial charge < -0.3 is 15.3 Å². The molecule has 0 unspecified atom stereocenters. The highest BCUT2D eigenvalue weighted by Gasteiger charge is 2.30. The number of aliphatic carboxylic acids is 1. The number of carboxylic acid groups (broad SMARTS) is 1. The van der Waals surface area contributed by atoms with Crippen LogP contribution in [0.25, 0.3) is 0 Å². The lowest BCUT2D eigenvalue weighted by molar-refractivity contribution is -0.143. The van der Waals surface area contributed by atoms with Crippen LogP contribution in [-0.2, 0) is 17.6 Å². The molecular weight excluding hydrogens is 268 g/mol. The first kappa shape index (κ1) is 13.9. The van der Waals surface area contributed by atoms with Crippen LogP contribution < -0.4 is 5.32 Å². The van der Waals surface area contributed by atoms with Gasteiger partial charge in [0, 0.05) is 19.1 Å². The van der Waals surface area contributed by atoms with Crippen molar-refractivity contribution < 1.29 is 14.7 Å². The number of carbonyl (C=O) groups is 2. The highest BCUT2D eigenvalue weighted by molar-refractivity contribution is 5.77. The predicted octanol–water partition coefficient (Wildman–Crippen LogP) is 1.66. The second-order valence-corrected chi connectivity index (χ2v) is 5.95. The highest BCUT2D eigenvalue weighted by atomic mass is 16.4. The summed E-state index contributed by atoms with van der Waals surface area (Å²) >= 11 is 0. The van der Waals surface area contributed by atoms with Crippen LogP contribution in [0, 0.1) is 5.92 Å². The molecule has 3 rings (SSSR count). The zero-order chi connectivity index (χ0) is 14.8. The van der Waals surface area contributed by atoms with Gasteiger partial charge in [-0.05, 0) is 36.8 Å². The minimum atomic E-state index is -0.805. The standard InChI is InChI=1S/C16H20N2O3/c19-15(20)13-6-3-7-18(10-13)16(21)17-14-8-11-4-1-2-5-12(11)9-14/h1-2,4-5,13-14H,3,6-10H2,(H,17,21)(H,19,20)/t13-/m1/s1. The second kappa shape index (κ2) is 5.76. The Bertz CT molecular complexity index is 533. The molecule has 5 heteroatoms. The molecule has 2 N–H and O–H groups in total. The summed E-state index contributed by atoms with van der Waals surface area (Å²) in [6, 6.07) is 8.24. The van der Waals surface area contributed by atoms with E-state index in [1.54, 1.807) is 4.90 Å². The number of nitrogens with zero attached hydrogens (tertiary/aromatic N) is 1. The van der Waals surface area contributed by atoms with E-state index in [0.29, 0.717) is 19.5 Å². The van der Waals surface area contributed by atoms with Gasteiger partial charge in [-0.1, -0.05) is 24.3 Å². The summed E-state index contributed by atoms with van der Waals surface area (Å²) < 4.78 is 0. The van der Waals surface area contributed by atoms with Gasteiger partial charge >= 0.3 is 12.0 Å². The van der Waals surface area contributed by atoms with E-state index in [4.69, 9.17) is 5.11 Å². The summed E-state index contributed by atoms with van der Waals surface area (Å²) in [7, 11) is 0. The Hall–Kier alpha value is -2.04. The molecule has 2 amide bonds. The molecule has 0 radical (unpaired) electrons. The van der Waals surface area contributed by atoms with Crippen molar-refractivity contribution >= 4 is 12.0 Å². The van der Waals surface area contributed by atoms with Gasteiger partial charge in [-0.2, -0.15) is 0 Å². The molecule has 1 aliphatic carbocycles. The first-order valence-electron chi connectivity index (χ1n) is 7.48. The number of hydrogen-bond acceptors (Lipinski definition) is 2. The van der Waals surface area contributed by atoms with Gasteiger partial charge in [-0.25, -0.2) is 4.79 Å². The second-order valence-electron chi connectivity index (χ2n) is 5.95. The summed E-state index contributed by atoms with van der Waals surface area (Å²) in [5, 5.41) is 12.1. The minimum absolute atomic E-state index is 0.125. The van der Waals surface area contributed by atoms with Crippen molar-refractivity contribution in [1.29, 1.82) is 0 Å². The van der Waals surface area contributed by atoms with Gasteiger partial charge in [0.15, 0.2) is 0 Å². The predicted molar refractivity (Wildman–Crippen MR) is 78.1 cm³/mol. The number of carbonyl (C=O) groups excluding carboxylic acids is 1. The van der Waals surface area contributed by atoms with Crippen molar-refractivity contribution in [2.75, 3.05) is 13.1 Å². The van der Waals surface area contributed by atoms with Gasteiger partial charge in [0.1, 0.15) is 0 Å². The van der Waals surface area contributed by atoms with Crippen molar-refractivity contribution in [1.82, 2.24) is 10.2 Å². The Morgan fingerprint density at radius 2 is 1.86 bits per heavy atom. The van der Waals surface area contributed by atoms with Gasteiger partial charge in [0.2, 0.25) is 0 Å². The van der Waals surface area contributed by atoms with Crippen molar-refractivity contribution in [3.63, 3.8) is 0 Å². The zero-order valence-corrected chi connectivity index (χ0v) is 11.9. The number of amides is 2. The first-order chi connectivity index (χ1) is 10.1. The van der Waals surface area contributed by atoms with Crippen LogP contribution in [0.15, 0.2) is 24.3 Å². The summed E-state index contributed by atoms with van der Waals surface area (Å²) in [4.78, 5) is 25.0. The normalized spacial score (nSPS) is 21.9. The number of carboxylic acids is 1. The number of likely N-dealkylation sites (tertiary alicyclic amines) is 1. The summed E-state index contributed by atoms with van der Waals surface area (Å²) in [6.07, 6.45) is 3.14. The molecular formula is C16H20N2O3. The SMILES string of the molecule is O=C(O)[C@@H]1CCCN(C(=O)NC2Cc3ccccc3C2)C1. The summed E-state index contributed by atoms with van der Waals surface area (Å²) in [5.74, 6) is -1.23. The lowest BCUT2D eigenvalue weighted by atomic mass is 9.99. The molecule has 0 spiro atoms. The van der Waals surface area contributed by atoms with Crippen LogP contribution in [0.5, 0.6) is 0 Å². The average Bonchev–Trinajstić information content (AvgIpc) is 2.89. The fraction of sp³-hybridized carbons (Fsp3) is 0.500. The fourth-order valence-corrected chi connectivity index (χ4v) is 3.29. The molecule has 0 aromatic heterocycles. The van der Waals surface area contributed by atoms with Crippen LogP contribution in [0.2, 0.25) is 0 Å². The number of nitrogens with one attached hydrogen (secondary N) is 1. The zero-order valence-electron chi connectivity index (χ0n) is 11.9. The van der Waals surface area contributed by atoms with Crippen LogP contribution in [0.3, 0.4) is 0 Å². The first-order valence-corrected chi connectivity index (χ1v) is 7.48. The summed E-state index contributed by atoms with van der Waals surface area (Å²) in [6.45, 7) is 0.968. The van der Waals surface area contributed by atoms with Crippen molar-refractivity contribution in [2.45, 2.75) is 31.7 Å². The molecule has 0 saturated carbocycles. The molecule has 1 atom stereocenters. The monoisotopic (exact) mass is 288 g/mol. The van der Waals surface area contributed by atoms with Gasteiger partial charge in [-0.3, -0.25) is 4.79 Å². The van der Waals surface area contributed by atoms with E-state index in [-0.39, 0.29) is 12.1 Å². The highest BCUT2D eigenvalue weighted by Crippen LogP contribution is 2.22. The van der Waals surface area contributed by atoms with Gasteiger partial charge in [0.25, 0.3) is 0 Å². The molecule has 1 fully saturated rings. The van der Waals surface area contributed by atoms with Crippen LogP contribution in [-0.4, -0.2) is 41.1 Å².